The second-order valence-corrected chi connectivity index (χ2v) is 4.85. The summed E-state index contributed by atoms with van der Waals surface area (Å²) in [5.41, 5.74) is 5.36. The number of aliphatic hydroxyl groups is 1. The molecule has 0 aliphatic heterocycles. The van der Waals surface area contributed by atoms with Gasteiger partial charge in [0.2, 0.25) is 0 Å². The monoisotopic (exact) mass is 241 g/mol. The summed E-state index contributed by atoms with van der Waals surface area (Å²) < 4.78 is 6.42. The smallest absolute Gasteiger partial charge is 0.419 e. The molecule has 0 saturated carbocycles. The summed E-state index contributed by atoms with van der Waals surface area (Å²) in [4.78, 5) is 15.6. The first-order valence-electron chi connectivity index (χ1n) is 5.46. The van der Waals surface area contributed by atoms with Gasteiger partial charge in [0.15, 0.2) is 0 Å². The van der Waals surface area contributed by atoms with Crippen LogP contribution in [0.3, 0.4) is 0 Å². The molecule has 1 unspecified atom stereocenters. The van der Waals surface area contributed by atoms with Crippen LogP contribution < -0.4 is 5.73 Å². The third-order valence-corrected chi connectivity index (χ3v) is 1.96. The molecule has 0 spiro atoms. The van der Waals surface area contributed by atoms with Gasteiger partial charge >= 0.3 is 6.09 Å². The Labute approximate surface area is 100 Å². The average Bonchev–Trinajstić information content (AvgIpc) is 2.63. The van der Waals surface area contributed by atoms with Crippen molar-refractivity contribution in [3.8, 4) is 0 Å². The Bertz CT molecular complexity index is 382. The quantitative estimate of drug-likeness (QED) is 0.805. The Hall–Kier alpha value is -1.40. The van der Waals surface area contributed by atoms with Gasteiger partial charge < -0.3 is 15.6 Å². The van der Waals surface area contributed by atoms with Crippen molar-refractivity contribution >= 4 is 6.09 Å². The molecule has 0 aliphatic rings. The Balaban J connectivity index is 2.65. The van der Waals surface area contributed by atoms with E-state index in [1.807, 2.05) is 0 Å². The maximum absolute atomic E-state index is 11.6. The predicted octanol–water partition coefficient (Wildman–Crippen LogP) is 0.528. The van der Waals surface area contributed by atoms with Crippen molar-refractivity contribution < 1.29 is 14.6 Å². The average molecular weight is 241 g/mol. The van der Waals surface area contributed by atoms with E-state index in [0.29, 0.717) is 12.1 Å². The summed E-state index contributed by atoms with van der Waals surface area (Å²) in [5, 5.41) is 9.36. The number of carbonyl (C=O) groups is 1. The minimum atomic E-state index is -0.642. The molecular formula is C11H19N3O3. The number of hydrogen-bond acceptors (Lipinski definition) is 5. The number of rotatable bonds is 3. The first kappa shape index (κ1) is 13.7. The van der Waals surface area contributed by atoms with Gasteiger partial charge in [-0.05, 0) is 20.8 Å². The van der Waals surface area contributed by atoms with Gasteiger partial charge in [-0.1, -0.05) is 0 Å². The van der Waals surface area contributed by atoms with Crippen LogP contribution >= 0.6 is 0 Å². The van der Waals surface area contributed by atoms with E-state index in [0.717, 1.165) is 0 Å². The first-order valence-corrected chi connectivity index (χ1v) is 5.46. The normalized spacial score (nSPS) is 13.5. The molecule has 17 heavy (non-hydrogen) atoms. The van der Waals surface area contributed by atoms with Crippen LogP contribution in [-0.2, 0) is 11.2 Å². The van der Waals surface area contributed by atoms with Crippen LogP contribution in [0, 0.1) is 0 Å². The van der Waals surface area contributed by atoms with Crippen LogP contribution in [0.1, 0.15) is 26.5 Å². The van der Waals surface area contributed by atoms with Gasteiger partial charge in [0.05, 0.1) is 11.8 Å². The summed E-state index contributed by atoms with van der Waals surface area (Å²) in [5.74, 6) is 0. The lowest BCUT2D eigenvalue weighted by atomic mass is 10.2. The number of nitrogens with zero attached hydrogens (tertiary/aromatic N) is 2. The summed E-state index contributed by atoms with van der Waals surface area (Å²) in [7, 11) is 0. The molecule has 0 bridgehead atoms. The van der Waals surface area contributed by atoms with Gasteiger partial charge in [0, 0.05) is 19.2 Å². The molecule has 6 heteroatoms. The minimum absolute atomic E-state index is 0.166. The molecule has 0 fully saturated rings. The Morgan fingerprint density at radius 2 is 2.29 bits per heavy atom. The van der Waals surface area contributed by atoms with Crippen molar-refractivity contribution in [1.29, 1.82) is 0 Å². The van der Waals surface area contributed by atoms with Crippen molar-refractivity contribution in [3.63, 3.8) is 0 Å². The van der Waals surface area contributed by atoms with E-state index in [4.69, 9.17) is 10.5 Å². The highest BCUT2D eigenvalue weighted by molar-refractivity contribution is 5.70. The second kappa shape index (κ2) is 5.29. The highest BCUT2D eigenvalue weighted by Crippen LogP contribution is 2.09. The molecule has 3 N–H and O–H groups in total. The molecule has 1 aromatic rings. The van der Waals surface area contributed by atoms with Crippen molar-refractivity contribution in [1.82, 2.24) is 9.55 Å². The molecule has 1 aromatic heterocycles. The largest absolute Gasteiger partial charge is 0.443 e. The van der Waals surface area contributed by atoms with Gasteiger partial charge in [-0.3, -0.25) is 0 Å². The number of hydrogen-bond donors (Lipinski definition) is 2. The van der Waals surface area contributed by atoms with E-state index in [2.05, 4.69) is 4.98 Å². The van der Waals surface area contributed by atoms with Crippen molar-refractivity contribution in [2.45, 2.75) is 38.9 Å². The van der Waals surface area contributed by atoms with Crippen molar-refractivity contribution in [2.75, 3.05) is 6.54 Å². The second-order valence-electron chi connectivity index (χ2n) is 4.85. The van der Waals surface area contributed by atoms with E-state index < -0.39 is 17.8 Å². The van der Waals surface area contributed by atoms with E-state index in [1.54, 1.807) is 20.8 Å². The third-order valence-electron chi connectivity index (χ3n) is 1.96. The highest BCUT2D eigenvalue weighted by atomic mass is 16.6. The Morgan fingerprint density at radius 3 is 2.82 bits per heavy atom. The topological polar surface area (TPSA) is 90.4 Å². The number of ether oxygens (including phenoxy) is 1. The summed E-state index contributed by atoms with van der Waals surface area (Å²) >= 11 is 0. The molecule has 6 nitrogen and oxygen atoms in total. The number of aromatic nitrogens is 2. The minimum Gasteiger partial charge on any atom is -0.443 e. The highest BCUT2D eigenvalue weighted by Gasteiger charge is 2.18. The third kappa shape index (κ3) is 4.54. The van der Waals surface area contributed by atoms with Gasteiger partial charge in [-0.25, -0.2) is 14.3 Å². The molecular weight excluding hydrogens is 222 g/mol. The summed E-state index contributed by atoms with van der Waals surface area (Å²) in [6.45, 7) is 5.54. The zero-order valence-electron chi connectivity index (χ0n) is 10.4. The molecule has 1 atom stereocenters. The van der Waals surface area contributed by atoms with Gasteiger partial charge in [0.1, 0.15) is 11.9 Å². The lowest BCUT2D eigenvalue weighted by Crippen LogP contribution is -2.26. The molecule has 96 valence electrons. The lowest BCUT2D eigenvalue weighted by molar-refractivity contribution is 0.0536. The van der Waals surface area contributed by atoms with Gasteiger partial charge in [-0.2, -0.15) is 0 Å². The van der Waals surface area contributed by atoms with Crippen LogP contribution in [0.2, 0.25) is 0 Å². The molecule has 0 amide bonds. The van der Waals surface area contributed by atoms with E-state index in [1.165, 1.54) is 17.1 Å². The molecule has 0 saturated heterocycles. The van der Waals surface area contributed by atoms with Crippen LogP contribution in [0.5, 0.6) is 0 Å². The van der Waals surface area contributed by atoms with E-state index in [-0.39, 0.29) is 6.54 Å². The Kier molecular flexibility index (Phi) is 4.25. The van der Waals surface area contributed by atoms with Gasteiger partial charge in [0.25, 0.3) is 0 Å². The summed E-state index contributed by atoms with van der Waals surface area (Å²) in [6, 6.07) is 0. The molecule has 0 aromatic carbocycles. The number of carbonyl (C=O) groups excluding carboxylic acids is 1. The number of imidazole rings is 1. The van der Waals surface area contributed by atoms with E-state index in [9.17, 15) is 9.90 Å². The number of aliphatic hydroxyl groups excluding tert-OH is 1. The molecule has 1 rings (SSSR count). The lowest BCUT2D eigenvalue weighted by Gasteiger charge is -2.19. The van der Waals surface area contributed by atoms with Crippen LogP contribution in [0.25, 0.3) is 0 Å². The maximum Gasteiger partial charge on any atom is 0.419 e. The van der Waals surface area contributed by atoms with Crippen LogP contribution in [0.15, 0.2) is 12.5 Å². The predicted molar refractivity (Wildman–Crippen MR) is 62.6 cm³/mol. The molecule has 0 radical (unpaired) electrons. The fourth-order valence-electron chi connectivity index (χ4n) is 1.21. The Morgan fingerprint density at radius 1 is 1.65 bits per heavy atom. The van der Waals surface area contributed by atoms with E-state index >= 15 is 0 Å². The SMILES string of the molecule is CC(C)(C)OC(=O)n1cnc(CC(O)CN)c1. The number of nitrogens with two attached hydrogens (primary N) is 1. The van der Waals surface area contributed by atoms with Gasteiger partial charge in [-0.15, -0.1) is 0 Å². The maximum atomic E-state index is 11.6. The standard InChI is InChI=1S/C11H19N3O3/c1-11(2,3)17-10(16)14-6-8(13-7-14)4-9(15)5-12/h6-7,9,15H,4-5,12H2,1-3H3. The van der Waals surface area contributed by atoms with Crippen molar-refractivity contribution in [2.24, 2.45) is 5.73 Å². The van der Waals surface area contributed by atoms with Crippen molar-refractivity contribution in [3.05, 3.63) is 18.2 Å². The molecule has 0 aliphatic carbocycles. The summed E-state index contributed by atoms with van der Waals surface area (Å²) in [6.07, 6.45) is 2.10. The molecule has 1 heterocycles. The first-order chi connectivity index (χ1) is 7.81. The van der Waals surface area contributed by atoms with Crippen LogP contribution in [0.4, 0.5) is 4.79 Å². The zero-order chi connectivity index (χ0) is 13.1. The zero-order valence-corrected chi connectivity index (χ0v) is 10.4. The van der Waals surface area contributed by atoms with Crippen LogP contribution in [-0.4, -0.2) is 39.0 Å². The fraction of sp³-hybridized carbons (Fsp3) is 0.636. The fourth-order valence-corrected chi connectivity index (χ4v) is 1.21.